The van der Waals surface area contributed by atoms with Gasteiger partial charge in [-0.15, -0.1) is 0 Å². The molecule has 5 aliphatic heterocycles. The van der Waals surface area contributed by atoms with Crippen molar-refractivity contribution >= 4 is 30.0 Å². The van der Waals surface area contributed by atoms with E-state index in [9.17, 15) is 64.8 Å². The number of Topliss-reactive ketones (excluding diaryl/α,β-unsaturated/α-hetero) is 1. The van der Waals surface area contributed by atoms with E-state index in [1.807, 2.05) is 0 Å². The van der Waals surface area contributed by atoms with Crippen molar-refractivity contribution in [3.8, 4) is 0 Å². The van der Waals surface area contributed by atoms with Gasteiger partial charge < -0.3 is 115 Å². The van der Waals surface area contributed by atoms with Crippen molar-refractivity contribution in [1.29, 1.82) is 0 Å². The molecular weight excluding hydrogens is 932 g/mol. The Bertz CT molecular complexity index is 1700. The van der Waals surface area contributed by atoms with Crippen LogP contribution in [0.15, 0.2) is 0 Å². The zero-order valence-corrected chi connectivity index (χ0v) is 38.9. The van der Waals surface area contributed by atoms with Crippen LogP contribution in [-0.2, 0) is 76.1 Å². The van der Waals surface area contributed by atoms with Crippen LogP contribution in [0.3, 0.4) is 0 Å². The van der Waals surface area contributed by atoms with Crippen LogP contribution in [0.25, 0.3) is 0 Å². The fourth-order valence-corrected chi connectivity index (χ4v) is 8.60. The van der Waals surface area contributed by atoms with Gasteiger partial charge in [-0.25, -0.2) is 0 Å². The minimum Gasteiger partial charge on any atom is -0.435 e. The van der Waals surface area contributed by atoms with Crippen molar-refractivity contribution in [2.45, 2.75) is 208 Å². The summed E-state index contributed by atoms with van der Waals surface area (Å²) in [4.78, 5) is 63.8. The van der Waals surface area contributed by atoms with Crippen LogP contribution in [0.1, 0.15) is 60.8 Å². The third-order valence-electron chi connectivity index (χ3n) is 12.2. The van der Waals surface area contributed by atoms with Crippen molar-refractivity contribution in [3.63, 3.8) is 0 Å². The maximum atomic E-state index is 14.0. The molecule has 0 radical (unpaired) electrons. The van der Waals surface area contributed by atoms with Crippen molar-refractivity contribution < 1.29 is 117 Å². The second-order valence-corrected chi connectivity index (χ2v) is 17.5. The van der Waals surface area contributed by atoms with Crippen LogP contribution < -0.4 is 21.7 Å². The summed E-state index contributed by atoms with van der Waals surface area (Å²) in [5.41, 5.74) is 5.62. The molecule has 5 fully saturated rings. The van der Waals surface area contributed by atoms with Gasteiger partial charge in [-0.2, -0.15) is 0 Å². The van der Waals surface area contributed by atoms with Crippen LogP contribution in [0.5, 0.6) is 0 Å². The van der Waals surface area contributed by atoms with E-state index in [0.29, 0.717) is 25.8 Å². The molecular formula is C41H68N4O24. The fraction of sp³-hybridized carbons (Fsp3) is 0.878. The number of ketones is 1. The van der Waals surface area contributed by atoms with Gasteiger partial charge in [-0.3, -0.25) is 24.0 Å². The summed E-state index contributed by atoms with van der Waals surface area (Å²) in [6.07, 6.45) is -34.4. The van der Waals surface area contributed by atoms with Crippen LogP contribution in [0, 0.1) is 0 Å². The zero-order valence-electron chi connectivity index (χ0n) is 38.9. The van der Waals surface area contributed by atoms with E-state index in [1.165, 1.54) is 27.7 Å². The smallest absolute Gasteiger partial charge is 0.295 e. The lowest BCUT2D eigenvalue weighted by atomic mass is 9.94. The standard InChI is InChI=1S/C41H68N4O24/c1-14-24(51)27(54)21(43-17(4)48)37(62-14)68-35-29(56)31(58)39(60-13-47)69-41(35)67-34-23(45-19(6)50)38(63-16(3)32(34)65-40-30(57)28(55)26(53)20(12-46)64-40)66-33-22(44-18(5)49)36(61-15(2)25(33)52)59-11-9-7-8-10-42/h13-16,20-24,26-41,46,51,53-58H,7-12,42H2,1-6H3,(H,43,48)(H,44,49)(H,45,50)/t14?,15?,16?,20?,21?,22?,23?,24-,26-,27-,28+,29+,30?,31+,32-,33-,34-,35?,36-,37+,38+,39?,40+,41-/m1/s1. The number of nitrogens with two attached hydrogens (primary N) is 1. The molecule has 0 spiro atoms. The number of carbonyl (C=O) groups is 5. The molecule has 69 heavy (non-hydrogen) atoms. The highest BCUT2D eigenvalue weighted by Crippen LogP contribution is 2.37. The molecule has 3 amide bonds. The second kappa shape index (κ2) is 25.4. The van der Waals surface area contributed by atoms with Crippen LogP contribution in [0.4, 0.5) is 0 Å². The quantitative estimate of drug-likeness (QED) is 0.0398. The van der Waals surface area contributed by atoms with Crippen LogP contribution >= 0.6 is 0 Å². The summed E-state index contributed by atoms with van der Waals surface area (Å²) in [7, 11) is 0. The van der Waals surface area contributed by atoms with Crippen molar-refractivity contribution in [2.75, 3.05) is 19.8 Å². The van der Waals surface area contributed by atoms with E-state index < -0.39 is 178 Å². The van der Waals surface area contributed by atoms with E-state index >= 15 is 0 Å². The summed E-state index contributed by atoms with van der Waals surface area (Å²) >= 11 is 0. The molecule has 5 saturated heterocycles. The number of amides is 3. The molecule has 28 heteroatoms. The van der Waals surface area contributed by atoms with E-state index in [-0.39, 0.29) is 13.1 Å². The van der Waals surface area contributed by atoms with Crippen molar-refractivity contribution in [1.82, 2.24) is 16.0 Å². The lowest BCUT2D eigenvalue weighted by Gasteiger charge is -2.51. The Morgan fingerprint density at radius 1 is 0.580 bits per heavy atom. The van der Waals surface area contributed by atoms with Gasteiger partial charge in [0, 0.05) is 27.4 Å². The predicted molar refractivity (Wildman–Crippen MR) is 223 cm³/mol. The highest BCUT2D eigenvalue weighted by atomic mass is 16.8. The van der Waals surface area contributed by atoms with Crippen LogP contribution in [-0.4, -0.2) is 238 Å². The molecule has 0 aromatic carbocycles. The number of rotatable bonds is 20. The highest BCUT2D eigenvalue weighted by Gasteiger charge is 2.58. The normalized spacial score (nSPS) is 43.9. The Morgan fingerprint density at radius 3 is 1.78 bits per heavy atom. The molecule has 10 unspecified atom stereocenters. The van der Waals surface area contributed by atoms with E-state index in [1.54, 1.807) is 0 Å². The molecule has 0 saturated carbocycles. The van der Waals surface area contributed by atoms with E-state index in [4.69, 9.17) is 57.8 Å². The number of ether oxygens (including phenoxy) is 11. The number of aliphatic hydroxyl groups excluding tert-OH is 8. The molecule has 5 aliphatic rings. The lowest BCUT2D eigenvalue weighted by molar-refractivity contribution is -0.401. The zero-order chi connectivity index (χ0) is 51.0. The van der Waals surface area contributed by atoms with Gasteiger partial charge in [-0.1, -0.05) is 0 Å². The van der Waals surface area contributed by atoms with Crippen LogP contribution in [0.2, 0.25) is 0 Å². The topological polar surface area (TPSA) is 411 Å². The predicted octanol–water partition coefficient (Wildman–Crippen LogP) is -6.91. The van der Waals surface area contributed by atoms with Gasteiger partial charge in [-0.05, 0) is 46.6 Å². The number of aliphatic hydroxyl groups is 8. The van der Waals surface area contributed by atoms with Gasteiger partial charge in [0.05, 0.1) is 18.8 Å². The Kier molecular flexibility index (Phi) is 20.9. The van der Waals surface area contributed by atoms with Gasteiger partial charge >= 0.3 is 0 Å². The van der Waals surface area contributed by atoms with E-state index in [0.717, 1.165) is 13.8 Å². The lowest BCUT2D eigenvalue weighted by Crippen LogP contribution is -2.71. The molecule has 5 heterocycles. The maximum absolute atomic E-state index is 14.0. The SMILES string of the molecule is CC(=O)NC1[C@H](OC2[C@H](O[C@@H]3C(NC(C)=O)[C@H](O[C@H]4C(=O)C(C)O[C@@H](OCCCCCN)C4NC(C)=O)OC(C)[C@H]3O[C@@H]3OC(CO)[C@@H](O)[C@H](O)C3O)OC(OC=O)[C@@H](O)[C@@H]2O)OC(C)[C@@H](O)[C@@H]1O. The summed E-state index contributed by atoms with van der Waals surface area (Å²) < 4.78 is 65.7. The Balaban J connectivity index is 1.59. The fourth-order valence-electron chi connectivity index (χ4n) is 8.60. The summed E-state index contributed by atoms with van der Waals surface area (Å²) in [5.74, 6) is -2.82. The highest BCUT2D eigenvalue weighted by molar-refractivity contribution is 5.89. The summed E-state index contributed by atoms with van der Waals surface area (Å²) in [6.45, 7) is 7.11. The first kappa shape index (κ1) is 56.7. The van der Waals surface area contributed by atoms with Gasteiger partial charge in [0.25, 0.3) is 6.47 Å². The number of hydrogen-bond donors (Lipinski definition) is 12. The molecule has 0 aliphatic carbocycles. The average Bonchev–Trinajstić information content (AvgIpc) is 3.29. The Morgan fingerprint density at radius 2 is 1.16 bits per heavy atom. The molecule has 13 N–H and O–H groups in total. The minimum absolute atomic E-state index is 0.116. The van der Waals surface area contributed by atoms with Gasteiger partial charge in [0.2, 0.25) is 24.0 Å². The second-order valence-electron chi connectivity index (χ2n) is 17.5. The first-order chi connectivity index (χ1) is 32.6. The first-order valence-electron chi connectivity index (χ1n) is 22.7. The maximum Gasteiger partial charge on any atom is 0.295 e. The number of nitrogens with one attached hydrogen (secondary N) is 3. The molecule has 24 atom stereocenters. The molecule has 0 aromatic rings. The largest absolute Gasteiger partial charge is 0.435 e. The third kappa shape index (κ3) is 13.7. The molecule has 396 valence electrons. The number of hydrogen-bond acceptors (Lipinski definition) is 25. The number of unbranched alkanes of at least 4 members (excludes halogenated alkanes) is 2. The first-order valence-corrected chi connectivity index (χ1v) is 22.7. The van der Waals surface area contributed by atoms with E-state index in [2.05, 4.69) is 16.0 Å². The van der Waals surface area contributed by atoms with Crippen molar-refractivity contribution in [3.05, 3.63) is 0 Å². The van der Waals surface area contributed by atoms with Gasteiger partial charge in [0.15, 0.2) is 37.2 Å². The summed E-state index contributed by atoms with van der Waals surface area (Å²) in [6, 6.07) is -4.56. The minimum atomic E-state index is -2.14. The molecule has 0 aromatic heterocycles. The number of carbonyl (C=O) groups excluding carboxylic acids is 5. The summed E-state index contributed by atoms with van der Waals surface area (Å²) in [5, 5.41) is 94.3. The molecule has 28 nitrogen and oxygen atoms in total. The van der Waals surface area contributed by atoms with Gasteiger partial charge in [0.1, 0.15) is 97.5 Å². The third-order valence-corrected chi connectivity index (χ3v) is 12.2. The molecule has 0 bridgehead atoms. The molecule has 5 rings (SSSR count). The van der Waals surface area contributed by atoms with Crippen molar-refractivity contribution in [2.24, 2.45) is 5.73 Å². The Hall–Kier alpha value is -3.21. The average molecular weight is 1000 g/mol. The monoisotopic (exact) mass is 1000 g/mol. The Labute approximate surface area is 396 Å².